The Morgan fingerprint density at radius 3 is 2.95 bits per heavy atom. The third-order valence-electron chi connectivity index (χ3n) is 3.20. The molecule has 2 aromatic rings. The number of esters is 1. The Morgan fingerprint density at radius 2 is 2.20 bits per heavy atom. The molecule has 1 N–H and O–H groups in total. The molecule has 1 heterocycles. The number of hydrogen-bond acceptors (Lipinski definition) is 4. The lowest BCUT2D eigenvalue weighted by Crippen LogP contribution is -2.38. The molecule has 2 rings (SSSR count). The standard InChI is InChI=1S/C15H21N3O2/c1-3-16-13(15(19)20-4-2)9-10-18-14-8-6-5-7-12(14)11-17-18/h5-8,11,13,16H,3-4,9-10H2,1-2H3. The molecule has 20 heavy (non-hydrogen) atoms. The van der Waals surface area contributed by atoms with Crippen LogP contribution in [-0.2, 0) is 16.1 Å². The van der Waals surface area contributed by atoms with Crippen LogP contribution in [-0.4, -0.2) is 34.9 Å². The summed E-state index contributed by atoms with van der Waals surface area (Å²) < 4.78 is 7.01. The average molecular weight is 275 g/mol. The fraction of sp³-hybridized carbons (Fsp3) is 0.467. The van der Waals surface area contributed by atoms with Crippen molar-refractivity contribution in [3.05, 3.63) is 30.5 Å². The number of carbonyl (C=O) groups is 1. The number of benzene rings is 1. The molecule has 0 saturated carbocycles. The number of carbonyl (C=O) groups excluding carboxylic acids is 1. The van der Waals surface area contributed by atoms with E-state index >= 15 is 0 Å². The minimum atomic E-state index is -0.275. The maximum atomic E-state index is 11.8. The molecule has 1 unspecified atom stereocenters. The lowest BCUT2D eigenvalue weighted by atomic mass is 10.2. The first-order valence-corrected chi connectivity index (χ1v) is 7.06. The molecule has 0 radical (unpaired) electrons. The highest BCUT2D eigenvalue weighted by Crippen LogP contribution is 2.13. The first kappa shape index (κ1) is 14.5. The number of nitrogens with zero attached hydrogens (tertiary/aromatic N) is 2. The minimum absolute atomic E-state index is 0.189. The molecule has 0 aliphatic heterocycles. The Bertz CT molecular complexity index is 565. The van der Waals surface area contributed by atoms with Crippen molar-refractivity contribution in [3.8, 4) is 0 Å². The Kier molecular flexibility index (Phi) is 5.12. The van der Waals surface area contributed by atoms with E-state index in [0.717, 1.165) is 17.4 Å². The van der Waals surface area contributed by atoms with E-state index in [4.69, 9.17) is 4.74 Å². The fourth-order valence-electron chi connectivity index (χ4n) is 2.25. The number of ether oxygens (including phenoxy) is 1. The second-order valence-electron chi connectivity index (χ2n) is 4.58. The van der Waals surface area contributed by atoms with Crippen LogP contribution in [0.5, 0.6) is 0 Å². The summed E-state index contributed by atoms with van der Waals surface area (Å²) in [7, 11) is 0. The van der Waals surface area contributed by atoms with Crippen molar-refractivity contribution in [2.45, 2.75) is 32.9 Å². The van der Waals surface area contributed by atoms with E-state index in [0.29, 0.717) is 19.6 Å². The zero-order valence-corrected chi connectivity index (χ0v) is 12.0. The highest BCUT2D eigenvalue weighted by atomic mass is 16.5. The second kappa shape index (κ2) is 7.05. The van der Waals surface area contributed by atoms with Gasteiger partial charge in [0.15, 0.2) is 0 Å². The number of nitrogens with one attached hydrogen (secondary N) is 1. The van der Waals surface area contributed by atoms with Crippen LogP contribution in [0.3, 0.4) is 0 Å². The molecule has 0 fully saturated rings. The van der Waals surface area contributed by atoms with E-state index in [2.05, 4.69) is 10.4 Å². The van der Waals surface area contributed by atoms with Crippen LogP contribution >= 0.6 is 0 Å². The third kappa shape index (κ3) is 3.36. The lowest BCUT2D eigenvalue weighted by Gasteiger charge is -2.16. The Hall–Kier alpha value is -1.88. The van der Waals surface area contributed by atoms with E-state index in [-0.39, 0.29) is 12.0 Å². The largest absolute Gasteiger partial charge is 0.465 e. The molecule has 5 heteroatoms. The van der Waals surface area contributed by atoms with Gasteiger partial charge in [0, 0.05) is 11.9 Å². The van der Waals surface area contributed by atoms with Gasteiger partial charge in [-0.2, -0.15) is 5.10 Å². The van der Waals surface area contributed by atoms with Gasteiger partial charge in [-0.15, -0.1) is 0 Å². The monoisotopic (exact) mass is 275 g/mol. The molecular formula is C15H21N3O2. The lowest BCUT2D eigenvalue weighted by molar-refractivity contribution is -0.145. The smallest absolute Gasteiger partial charge is 0.323 e. The van der Waals surface area contributed by atoms with Crippen LogP contribution in [0.25, 0.3) is 10.9 Å². The van der Waals surface area contributed by atoms with Gasteiger partial charge in [-0.05, 0) is 26.0 Å². The molecule has 0 bridgehead atoms. The first-order chi connectivity index (χ1) is 9.76. The van der Waals surface area contributed by atoms with Gasteiger partial charge in [0.2, 0.25) is 0 Å². The number of aryl methyl sites for hydroxylation is 1. The van der Waals surface area contributed by atoms with E-state index in [9.17, 15) is 4.79 Å². The van der Waals surface area contributed by atoms with E-state index in [1.807, 2.05) is 49.0 Å². The number of likely N-dealkylation sites (N-methyl/N-ethyl adjacent to an activating group) is 1. The van der Waals surface area contributed by atoms with Crippen LogP contribution < -0.4 is 5.32 Å². The maximum Gasteiger partial charge on any atom is 0.323 e. The molecule has 0 amide bonds. The number of hydrogen-bond donors (Lipinski definition) is 1. The molecule has 0 spiro atoms. The summed E-state index contributed by atoms with van der Waals surface area (Å²) in [5, 5.41) is 8.65. The highest BCUT2D eigenvalue weighted by Gasteiger charge is 2.18. The maximum absolute atomic E-state index is 11.8. The second-order valence-corrected chi connectivity index (χ2v) is 4.58. The first-order valence-electron chi connectivity index (χ1n) is 7.06. The van der Waals surface area contributed by atoms with Gasteiger partial charge in [0.25, 0.3) is 0 Å². The molecule has 0 aliphatic rings. The van der Waals surface area contributed by atoms with Crippen molar-refractivity contribution in [1.82, 2.24) is 15.1 Å². The zero-order chi connectivity index (χ0) is 14.4. The minimum Gasteiger partial charge on any atom is -0.465 e. The molecule has 1 aromatic heterocycles. The summed E-state index contributed by atoms with van der Waals surface area (Å²) >= 11 is 0. The Labute approximate surface area is 118 Å². The molecule has 0 aliphatic carbocycles. The SMILES string of the molecule is CCNC(CCn1ncc2ccccc21)C(=O)OCC. The van der Waals surface area contributed by atoms with Crippen LogP contribution in [0.4, 0.5) is 0 Å². The van der Waals surface area contributed by atoms with Gasteiger partial charge in [0.05, 0.1) is 18.3 Å². The molecule has 1 aromatic carbocycles. The summed E-state index contributed by atoms with van der Waals surface area (Å²) in [6, 6.07) is 7.78. The molecule has 5 nitrogen and oxygen atoms in total. The summed E-state index contributed by atoms with van der Waals surface area (Å²) in [5.41, 5.74) is 1.09. The van der Waals surface area contributed by atoms with E-state index < -0.39 is 0 Å². The van der Waals surface area contributed by atoms with Crippen LogP contribution in [0, 0.1) is 0 Å². The summed E-state index contributed by atoms with van der Waals surface area (Å²) in [4.78, 5) is 11.8. The van der Waals surface area contributed by atoms with Gasteiger partial charge in [0.1, 0.15) is 6.04 Å². The number of rotatable bonds is 7. The summed E-state index contributed by atoms with van der Waals surface area (Å²) in [5.74, 6) is -0.189. The van der Waals surface area contributed by atoms with Gasteiger partial charge >= 0.3 is 5.97 Å². The van der Waals surface area contributed by atoms with Crippen LogP contribution in [0.1, 0.15) is 20.3 Å². The van der Waals surface area contributed by atoms with E-state index in [1.54, 1.807) is 0 Å². The van der Waals surface area contributed by atoms with Crippen molar-refractivity contribution in [2.24, 2.45) is 0 Å². The number of para-hydroxylation sites is 1. The Morgan fingerprint density at radius 1 is 1.40 bits per heavy atom. The van der Waals surface area contributed by atoms with Gasteiger partial charge < -0.3 is 10.1 Å². The number of fused-ring (bicyclic) bond motifs is 1. The summed E-state index contributed by atoms with van der Waals surface area (Å²) in [6.45, 7) is 5.64. The zero-order valence-electron chi connectivity index (χ0n) is 12.0. The van der Waals surface area contributed by atoms with Gasteiger partial charge in [-0.3, -0.25) is 9.48 Å². The topological polar surface area (TPSA) is 56.2 Å². The quantitative estimate of drug-likeness (QED) is 0.785. The predicted molar refractivity (Wildman–Crippen MR) is 78.4 cm³/mol. The predicted octanol–water partition coefficient (Wildman–Crippen LogP) is 1.97. The average Bonchev–Trinajstić information content (AvgIpc) is 2.87. The molecule has 0 saturated heterocycles. The fourth-order valence-corrected chi connectivity index (χ4v) is 2.25. The number of aromatic nitrogens is 2. The third-order valence-corrected chi connectivity index (χ3v) is 3.20. The van der Waals surface area contributed by atoms with Crippen molar-refractivity contribution in [3.63, 3.8) is 0 Å². The molecule has 1 atom stereocenters. The Balaban J connectivity index is 2.03. The normalized spacial score (nSPS) is 12.5. The van der Waals surface area contributed by atoms with Crippen molar-refractivity contribution in [1.29, 1.82) is 0 Å². The van der Waals surface area contributed by atoms with Gasteiger partial charge in [-0.25, -0.2) is 0 Å². The van der Waals surface area contributed by atoms with Crippen molar-refractivity contribution < 1.29 is 9.53 Å². The van der Waals surface area contributed by atoms with Crippen LogP contribution in [0.2, 0.25) is 0 Å². The highest BCUT2D eigenvalue weighted by molar-refractivity contribution is 5.78. The van der Waals surface area contributed by atoms with Crippen LogP contribution in [0.15, 0.2) is 30.5 Å². The summed E-state index contributed by atoms with van der Waals surface area (Å²) in [6.07, 6.45) is 2.51. The van der Waals surface area contributed by atoms with Crippen molar-refractivity contribution in [2.75, 3.05) is 13.2 Å². The van der Waals surface area contributed by atoms with Crippen molar-refractivity contribution >= 4 is 16.9 Å². The molecule has 108 valence electrons. The van der Waals surface area contributed by atoms with E-state index in [1.165, 1.54) is 0 Å². The van der Waals surface area contributed by atoms with Gasteiger partial charge in [-0.1, -0.05) is 25.1 Å². The molecular weight excluding hydrogens is 254 g/mol.